The number of carbonyl (C=O) groups is 6. The van der Waals surface area contributed by atoms with Crippen molar-refractivity contribution in [1.29, 1.82) is 0 Å². The number of hydrogen-bond donors (Lipinski definition) is 6. The predicted molar refractivity (Wildman–Crippen MR) is 278 cm³/mol. The molecular formula is C54H70N8O8S2. The highest BCUT2D eigenvalue weighted by Crippen LogP contribution is 2.48. The van der Waals surface area contributed by atoms with Gasteiger partial charge in [0.05, 0.1) is 47.1 Å². The van der Waals surface area contributed by atoms with Crippen LogP contribution >= 0.6 is 23.5 Å². The Morgan fingerprint density at radius 2 is 1.03 bits per heavy atom. The van der Waals surface area contributed by atoms with Crippen molar-refractivity contribution in [3.63, 3.8) is 0 Å². The third-order valence-corrected chi connectivity index (χ3v) is 17.8. The van der Waals surface area contributed by atoms with E-state index in [4.69, 9.17) is 9.47 Å². The number of nitrogens with one attached hydrogen (secondary N) is 6. The third-order valence-electron chi connectivity index (χ3n) is 15.3. The Hall–Kier alpha value is -5.08. The zero-order valence-electron chi connectivity index (χ0n) is 42.6. The van der Waals surface area contributed by atoms with Crippen molar-refractivity contribution in [3.8, 4) is 23.7 Å². The number of amides is 6. The number of carbonyl (C=O) groups excluding carboxylic acids is 6. The summed E-state index contributed by atoms with van der Waals surface area (Å²) < 4.78 is 12.7. The van der Waals surface area contributed by atoms with Gasteiger partial charge in [-0.15, -0.1) is 23.5 Å². The van der Waals surface area contributed by atoms with Crippen molar-refractivity contribution >= 4 is 59.0 Å². The van der Waals surface area contributed by atoms with Crippen LogP contribution in [0.25, 0.3) is 0 Å². The number of fused-ring (bicyclic) bond motifs is 4. The van der Waals surface area contributed by atoms with Crippen molar-refractivity contribution in [2.45, 2.75) is 151 Å². The van der Waals surface area contributed by atoms with Crippen molar-refractivity contribution in [2.24, 2.45) is 10.8 Å². The van der Waals surface area contributed by atoms with Crippen LogP contribution in [0.3, 0.4) is 0 Å². The number of hydrogen-bond acceptors (Lipinski definition) is 12. The molecule has 6 amide bonds. The van der Waals surface area contributed by atoms with Gasteiger partial charge in [0, 0.05) is 12.8 Å². The van der Waals surface area contributed by atoms with Crippen LogP contribution in [-0.2, 0) is 51.1 Å². The van der Waals surface area contributed by atoms with Gasteiger partial charge in [-0.25, -0.2) is 0 Å². The minimum atomic E-state index is -0.754. The minimum Gasteiger partial charge on any atom is -0.363 e. The van der Waals surface area contributed by atoms with Crippen molar-refractivity contribution in [3.05, 3.63) is 70.8 Å². The Balaban J connectivity index is 0.889. The first-order valence-electron chi connectivity index (χ1n) is 25.2. The molecule has 0 saturated carbocycles. The number of rotatable bonds is 14. The quantitative estimate of drug-likeness (QED) is 0.152. The molecule has 4 fully saturated rings. The predicted octanol–water partition coefficient (Wildman–Crippen LogP) is 2.96. The lowest BCUT2D eigenvalue weighted by Gasteiger charge is -2.35. The SMILES string of the molecule is CN[C@@H](C)C(=O)N[C@H]1CCSC2CC(C)(C)[C@@H](C(=O)N[C@H]3c4ccccc4C[C@H]3OCC#CC#CCO[C@H]3Cc4ccccc4[C@H]3NC(=O)[C@@H]3N4C(=O)[C@H](NC(=O)[C@@H](C)NC)CCSC4CC3(C)C)N2C1=O. The second kappa shape index (κ2) is 22.6. The molecule has 2 aromatic carbocycles. The highest BCUT2D eigenvalue weighted by molar-refractivity contribution is 8.00. The van der Waals surface area contributed by atoms with E-state index in [1.165, 1.54) is 0 Å². The van der Waals surface area contributed by atoms with Gasteiger partial charge in [0.15, 0.2) is 0 Å². The van der Waals surface area contributed by atoms with E-state index in [1.54, 1.807) is 61.3 Å². The van der Waals surface area contributed by atoms with E-state index in [-0.39, 0.29) is 59.4 Å². The summed E-state index contributed by atoms with van der Waals surface area (Å²) in [5.74, 6) is 11.6. The molecular weight excluding hydrogens is 953 g/mol. The monoisotopic (exact) mass is 1020 g/mol. The molecule has 18 heteroatoms. The van der Waals surface area contributed by atoms with Crippen molar-refractivity contribution < 1.29 is 38.2 Å². The van der Waals surface area contributed by atoms with E-state index in [0.717, 1.165) is 22.3 Å². The lowest BCUT2D eigenvalue weighted by molar-refractivity contribution is -0.144. The first-order valence-corrected chi connectivity index (χ1v) is 27.3. The van der Waals surface area contributed by atoms with Gasteiger partial charge in [-0.2, -0.15) is 0 Å². The summed E-state index contributed by atoms with van der Waals surface area (Å²) in [5, 5.41) is 17.9. The first-order chi connectivity index (χ1) is 34.4. The molecule has 2 unspecified atom stereocenters. The van der Waals surface area contributed by atoms with Gasteiger partial charge in [-0.3, -0.25) is 28.8 Å². The molecule has 6 aliphatic rings. The highest BCUT2D eigenvalue weighted by Gasteiger charge is 2.57. The number of nitrogens with zero attached hydrogens (tertiary/aromatic N) is 2. The van der Waals surface area contributed by atoms with Gasteiger partial charge in [0.2, 0.25) is 35.4 Å². The molecule has 386 valence electrons. The van der Waals surface area contributed by atoms with E-state index in [2.05, 4.69) is 55.6 Å². The standard InChI is InChI=1S/C54H70N8O8S2/c1-31(55-7)47(63)57-37-21-25-71-41-29-53(3,4)45(61(41)51(37)67)49(65)59-43-35-19-13-11-17-33(35)27-39(43)69-23-15-9-10-16-24-70-40-28-34-18-12-14-20-36(34)44(40)60-50(66)46-54(5,6)30-42-62(46)52(68)38(22-26-72-42)58-48(64)32(2)56-8/h11-14,17-20,31-32,37-46,55-56H,21-30H2,1-8H3,(H,57,63)(H,58,64)(H,59,65)(H,60,66)/t31-,32+,37-,38+,39+,40-,41?,42?,43-,44+,45+,46-. The van der Waals surface area contributed by atoms with Crippen LogP contribution in [0.4, 0.5) is 0 Å². The lowest BCUT2D eigenvalue weighted by atomic mass is 9.83. The van der Waals surface area contributed by atoms with E-state index in [1.807, 2.05) is 76.2 Å². The molecule has 6 N–H and O–H groups in total. The Bertz CT molecular complexity index is 2360. The van der Waals surface area contributed by atoms with Gasteiger partial charge in [-0.1, -0.05) is 88.1 Å². The largest absolute Gasteiger partial charge is 0.363 e. The number of likely N-dealkylation sites (N-methyl/N-ethyl adjacent to an activating group) is 2. The normalized spacial score (nSPS) is 29.6. The van der Waals surface area contributed by atoms with Gasteiger partial charge in [0.25, 0.3) is 0 Å². The van der Waals surface area contributed by atoms with Crippen LogP contribution in [0.1, 0.15) is 102 Å². The summed E-state index contributed by atoms with van der Waals surface area (Å²) in [4.78, 5) is 86.6. The highest BCUT2D eigenvalue weighted by atomic mass is 32.2. The summed E-state index contributed by atoms with van der Waals surface area (Å²) in [6.07, 6.45) is 2.57. The Labute approximate surface area is 432 Å². The fourth-order valence-electron chi connectivity index (χ4n) is 11.2. The summed E-state index contributed by atoms with van der Waals surface area (Å²) >= 11 is 3.31. The Morgan fingerprint density at radius 1 is 0.639 bits per heavy atom. The molecule has 2 aromatic rings. The van der Waals surface area contributed by atoms with Crippen LogP contribution in [0.2, 0.25) is 0 Å². The van der Waals surface area contributed by atoms with E-state index in [9.17, 15) is 28.8 Å². The molecule has 72 heavy (non-hydrogen) atoms. The maximum atomic E-state index is 14.5. The van der Waals surface area contributed by atoms with Gasteiger partial charge in [-0.05, 0) is 110 Å². The number of benzene rings is 2. The topological polar surface area (TPSA) is 200 Å². The maximum absolute atomic E-state index is 14.5. The van der Waals surface area contributed by atoms with E-state index < -0.39 is 71.4 Å². The molecule has 4 saturated heterocycles. The van der Waals surface area contributed by atoms with Gasteiger partial charge >= 0.3 is 0 Å². The summed E-state index contributed by atoms with van der Waals surface area (Å²) in [5.41, 5.74) is 2.99. The van der Waals surface area contributed by atoms with Crippen LogP contribution in [-0.4, -0.2) is 143 Å². The lowest BCUT2D eigenvalue weighted by Crippen LogP contribution is -2.58. The van der Waals surface area contributed by atoms with E-state index in [0.29, 0.717) is 50.0 Å². The fraction of sp³-hybridized carbons (Fsp3) is 0.593. The minimum absolute atomic E-state index is 0.0653. The van der Waals surface area contributed by atoms with Crippen molar-refractivity contribution in [2.75, 3.05) is 38.8 Å². The zero-order chi connectivity index (χ0) is 51.5. The van der Waals surface area contributed by atoms with Crippen LogP contribution in [0, 0.1) is 34.5 Å². The molecule has 16 nitrogen and oxygen atoms in total. The van der Waals surface area contributed by atoms with Crippen LogP contribution < -0.4 is 31.9 Å². The first kappa shape index (κ1) is 53.2. The van der Waals surface area contributed by atoms with Gasteiger partial charge < -0.3 is 51.2 Å². The maximum Gasteiger partial charge on any atom is 0.246 e. The zero-order valence-corrected chi connectivity index (χ0v) is 44.2. The Morgan fingerprint density at radius 3 is 1.42 bits per heavy atom. The number of thioether (sulfide) groups is 2. The molecule has 4 heterocycles. The van der Waals surface area contributed by atoms with Gasteiger partial charge in [0.1, 0.15) is 37.4 Å². The fourth-order valence-corrected chi connectivity index (χ4v) is 14.4. The molecule has 12 atom stereocenters. The molecule has 0 bridgehead atoms. The second-order valence-electron chi connectivity index (χ2n) is 21.1. The smallest absolute Gasteiger partial charge is 0.246 e. The molecule has 2 aliphatic carbocycles. The van der Waals surface area contributed by atoms with Crippen LogP contribution in [0.15, 0.2) is 48.5 Å². The molecule has 0 radical (unpaired) electrons. The van der Waals surface area contributed by atoms with Crippen molar-refractivity contribution in [1.82, 2.24) is 41.7 Å². The summed E-state index contributed by atoms with van der Waals surface area (Å²) in [6, 6.07) is 11.0. The average Bonchev–Trinajstić information content (AvgIpc) is 3.99. The second-order valence-corrected chi connectivity index (χ2v) is 23.7. The van der Waals surface area contributed by atoms with Crippen LogP contribution in [0.5, 0.6) is 0 Å². The Kier molecular flexibility index (Phi) is 16.7. The third kappa shape index (κ3) is 11.2. The summed E-state index contributed by atoms with van der Waals surface area (Å²) in [6.45, 7) is 11.7. The molecule has 0 spiro atoms. The number of ether oxygens (including phenoxy) is 2. The average molecular weight is 1020 g/mol. The van der Waals surface area contributed by atoms with E-state index >= 15 is 0 Å². The molecule has 0 aromatic heterocycles. The summed E-state index contributed by atoms with van der Waals surface area (Å²) in [7, 11) is 3.39. The molecule has 8 rings (SSSR count). The molecule has 4 aliphatic heterocycles.